The number of aryl methyl sites for hydroxylation is 1. The highest BCUT2D eigenvalue weighted by Crippen LogP contribution is 2.12. The van der Waals surface area contributed by atoms with E-state index in [2.05, 4.69) is 24.8 Å². The van der Waals surface area contributed by atoms with Crippen LogP contribution in [0.3, 0.4) is 0 Å². The normalized spacial score (nSPS) is 12.5. The molecule has 72 valence electrons. The van der Waals surface area contributed by atoms with Crippen LogP contribution >= 0.6 is 0 Å². The van der Waals surface area contributed by atoms with Crippen molar-refractivity contribution in [3.63, 3.8) is 0 Å². The summed E-state index contributed by atoms with van der Waals surface area (Å²) >= 11 is 0. The highest BCUT2D eigenvalue weighted by Gasteiger charge is 1.99. The van der Waals surface area contributed by atoms with Crippen molar-refractivity contribution in [2.24, 2.45) is 0 Å². The third-order valence-corrected chi connectivity index (χ3v) is 2.08. The van der Waals surface area contributed by atoms with Gasteiger partial charge in [-0.05, 0) is 31.0 Å². The molecule has 0 aliphatic carbocycles. The minimum absolute atomic E-state index is 0.530. The smallest absolute Gasteiger partial charge is 0.118 e. The second kappa shape index (κ2) is 4.87. The van der Waals surface area contributed by atoms with Crippen LogP contribution in [0.15, 0.2) is 24.3 Å². The van der Waals surface area contributed by atoms with Gasteiger partial charge in [0.1, 0.15) is 5.75 Å². The van der Waals surface area contributed by atoms with Gasteiger partial charge in [-0.15, -0.1) is 0 Å². The van der Waals surface area contributed by atoms with Crippen LogP contribution in [0, 0.1) is 0 Å². The number of benzene rings is 1. The molecule has 13 heavy (non-hydrogen) atoms. The standard InChI is InChI=1S/C11H17NO/c1-9(12)3-4-10-5-7-11(13-2)8-6-10/h5-9H,3-4,12H2,1-2H3/p+1/t9-/m1/s1. The van der Waals surface area contributed by atoms with Crippen molar-refractivity contribution in [1.82, 2.24) is 0 Å². The predicted molar refractivity (Wildman–Crippen MR) is 53.7 cm³/mol. The summed E-state index contributed by atoms with van der Waals surface area (Å²) < 4.78 is 5.08. The Kier molecular flexibility index (Phi) is 3.77. The first kappa shape index (κ1) is 10.1. The summed E-state index contributed by atoms with van der Waals surface area (Å²) in [6.07, 6.45) is 2.25. The zero-order valence-electron chi connectivity index (χ0n) is 8.42. The monoisotopic (exact) mass is 180 g/mol. The number of hydrogen-bond acceptors (Lipinski definition) is 1. The average Bonchev–Trinajstić information content (AvgIpc) is 2.15. The van der Waals surface area contributed by atoms with Crippen molar-refractivity contribution in [2.45, 2.75) is 25.8 Å². The summed E-state index contributed by atoms with van der Waals surface area (Å²) in [5.41, 5.74) is 5.32. The van der Waals surface area contributed by atoms with Crippen molar-refractivity contribution >= 4 is 0 Å². The Morgan fingerprint density at radius 3 is 2.38 bits per heavy atom. The lowest BCUT2D eigenvalue weighted by molar-refractivity contribution is -0.415. The summed E-state index contributed by atoms with van der Waals surface area (Å²) in [5.74, 6) is 0.923. The maximum Gasteiger partial charge on any atom is 0.118 e. The molecule has 2 nitrogen and oxygen atoms in total. The van der Waals surface area contributed by atoms with Gasteiger partial charge in [-0.25, -0.2) is 0 Å². The first-order valence-electron chi connectivity index (χ1n) is 4.68. The van der Waals surface area contributed by atoms with Crippen molar-refractivity contribution in [3.8, 4) is 5.75 Å². The molecule has 1 aromatic carbocycles. The largest absolute Gasteiger partial charge is 0.497 e. The molecule has 3 N–H and O–H groups in total. The van der Waals surface area contributed by atoms with E-state index < -0.39 is 0 Å². The Balaban J connectivity index is 2.49. The fraction of sp³-hybridized carbons (Fsp3) is 0.455. The number of ether oxygens (including phenoxy) is 1. The molecule has 0 radical (unpaired) electrons. The molecule has 0 fully saturated rings. The molecule has 1 rings (SSSR count). The average molecular weight is 180 g/mol. The van der Waals surface area contributed by atoms with Crippen LogP contribution in [-0.2, 0) is 6.42 Å². The fourth-order valence-corrected chi connectivity index (χ4v) is 1.21. The van der Waals surface area contributed by atoms with Crippen LogP contribution in [0.4, 0.5) is 0 Å². The molecule has 0 saturated heterocycles. The molecule has 0 aliphatic heterocycles. The molecular formula is C11H18NO+. The second-order valence-corrected chi connectivity index (χ2v) is 3.49. The van der Waals surface area contributed by atoms with Gasteiger partial charge in [0.2, 0.25) is 0 Å². The van der Waals surface area contributed by atoms with Gasteiger partial charge < -0.3 is 10.5 Å². The Bertz CT molecular complexity index is 241. The van der Waals surface area contributed by atoms with Crippen LogP contribution in [0.1, 0.15) is 18.9 Å². The molecule has 1 atom stereocenters. The van der Waals surface area contributed by atoms with Gasteiger partial charge in [-0.1, -0.05) is 12.1 Å². The van der Waals surface area contributed by atoms with Gasteiger partial charge in [0.05, 0.1) is 13.2 Å². The van der Waals surface area contributed by atoms with E-state index >= 15 is 0 Å². The Hall–Kier alpha value is -1.02. The SMILES string of the molecule is COc1ccc(CC[C@@H](C)[NH3+])cc1. The molecule has 0 unspecified atom stereocenters. The van der Waals surface area contributed by atoms with Crippen LogP contribution in [0.5, 0.6) is 5.75 Å². The van der Waals surface area contributed by atoms with Crippen molar-refractivity contribution < 1.29 is 10.5 Å². The molecule has 0 aliphatic rings. The second-order valence-electron chi connectivity index (χ2n) is 3.49. The van der Waals surface area contributed by atoms with E-state index in [-0.39, 0.29) is 0 Å². The van der Waals surface area contributed by atoms with E-state index in [1.165, 1.54) is 5.56 Å². The van der Waals surface area contributed by atoms with Gasteiger partial charge in [0.15, 0.2) is 0 Å². The van der Waals surface area contributed by atoms with Gasteiger partial charge in [-0.2, -0.15) is 0 Å². The minimum atomic E-state index is 0.530. The fourth-order valence-electron chi connectivity index (χ4n) is 1.21. The maximum atomic E-state index is 5.08. The number of methoxy groups -OCH3 is 1. The van der Waals surface area contributed by atoms with Gasteiger partial charge in [-0.3, -0.25) is 0 Å². The highest BCUT2D eigenvalue weighted by atomic mass is 16.5. The Morgan fingerprint density at radius 2 is 1.92 bits per heavy atom. The summed E-state index contributed by atoms with van der Waals surface area (Å²) in [4.78, 5) is 0. The molecule has 2 heteroatoms. The third kappa shape index (κ3) is 3.47. The van der Waals surface area contributed by atoms with Crippen molar-refractivity contribution in [3.05, 3.63) is 29.8 Å². The van der Waals surface area contributed by atoms with E-state index in [0.717, 1.165) is 18.6 Å². The maximum absolute atomic E-state index is 5.08. The first-order valence-corrected chi connectivity index (χ1v) is 4.68. The summed E-state index contributed by atoms with van der Waals surface area (Å²) in [7, 11) is 1.69. The van der Waals surface area contributed by atoms with Gasteiger partial charge in [0.25, 0.3) is 0 Å². The van der Waals surface area contributed by atoms with Crippen LogP contribution in [-0.4, -0.2) is 13.2 Å². The highest BCUT2D eigenvalue weighted by molar-refractivity contribution is 5.27. The molecule has 0 aromatic heterocycles. The molecule has 1 aromatic rings. The lowest BCUT2D eigenvalue weighted by atomic mass is 10.1. The minimum Gasteiger partial charge on any atom is -0.497 e. The van der Waals surface area contributed by atoms with E-state index in [9.17, 15) is 0 Å². The molecular weight excluding hydrogens is 162 g/mol. The quantitative estimate of drug-likeness (QED) is 0.744. The van der Waals surface area contributed by atoms with Crippen molar-refractivity contribution in [2.75, 3.05) is 7.11 Å². The van der Waals surface area contributed by atoms with Gasteiger partial charge in [0, 0.05) is 6.42 Å². The number of hydrogen-bond donors (Lipinski definition) is 1. The number of rotatable bonds is 4. The van der Waals surface area contributed by atoms with Crippen LogP contribution < -0.4 is 10.5 Å². The molecule has 0 heterocycles. The third-order valence-electron chi connectivity index (χ3n) is 2.08. The summed E-state index contributed by atoms with van der Waals surface area (Å²) in [6.45, 7) is 2.14. The molecule has 0 bridgehead atoms. The van der Waals surface area contributed by atoms with E-state index in [1.807, 2.05) is 12.1 Å². The predicted octanol–water partition coefficient (Wildman–Crippen LogP) is 1.26. The first-order chi connectivity index (χ1) is 6.22. The lowest BCUT2D eigenvalue weighted by Crippen LogP contribution is -2.59. The molecule has 0 spiro atoms. The molecule has 0 amide bonds. The summed E-state index contributed by atoms with van der Waals surface area (Å²) in [6, 6.07) is 8.76. The van der Waals surface area contributed by atoms with Crippen LogP contribution in [0.25, 0.3) is 0 Å². The Morgan fingerprint density at radius 1 is 1.31 bits per heavy atom. The van der Waals surface area contributed by atoms with Gasteiger partial charge >= 0.3 is 0 Å². The topological polar surface area (TPSA) is 36.9 Å². The number of quaternary nitrogens is 1. The van der Waals surface area contributed by atoms with E-state index in [0.29, 0.717) is 6.04 Å². The zero-order chi connectivity index (χ0) is 9.68. The van der Waals surface area contributed by atoms with E-state index in [4.69, 9.17) is 4.74 Å². The van der Waals surface area contributed by atoms with Crippen LogP contribution in [0.2, 0.25) is 0 Å². The zero-order valence-corrected chi connectivity index (χ0v) is 8.42. The van der Waals surface area contributed by atoms with Crippen molar-refractivity contribution in [1.29, 1.82) is 0 Å². The summed E-state index contributed by atoms with van der Waals surface area (Å²) in [5, 5.41) is 0. The molecule has 0 saturated carbocycles. The Labute approximate surface area is 79.7 Å². The lowest BCUT2D eigenvalue weighted by Gasteiger charge is -2.04. The van der Waals surface area contributed by atoms with E-state index in [1.54, 1.807) is 7.11 Å².